The van der Waals surface area contributed by atoms with E-state index >= 15 is 0 Å². The highest BCUT2D eigenvalue weighted by atomic mass is 32.1. The quantitative estimate of drug-likeness (QED) is 0.531. The van der Waals surface area contributed by atoms with E-state index in [1.165, 1.54) is 0 Å². The summed E-state index contributed by atoms with van der Waals surface area (Å²) in [6.45, 7) is 2.02. The molecule has 0 atom stereocenters. The van der Waals surface area contributed by atoms with Crippen LogP contribution in [0.25, 0.3) is 21.5 Å². The Balaban J connectivity index is 1.79. The van der Waals surface area contributed by atoms with Crippen molar-refractivity contribution in [3.63, 3.8) is 0 Å². The van der Waals surface area contributed by atoms with Crippen molar-refractivity contribution in [1.82, 2.24) is 4.98 Å². The fourth-order valence-corrected chi connectivity index (χ4v) is 3.44. The number of hydrogen-bond acceptors (Lipinski definition) is 3. The summed E-state index contributed by atoms with van der Waals surface area (Å²) in [6, 6.07) is 21.4. The van der Waals surface area contributed by atoms with Gasteiger partial charge in [-0.15, -0.1) is 11.3 Å². The van der Waals surface area contributed by atoms with Crippen molar-refractivity contribution in [2.75, 3.05) is 5.32 Å². The van der Waals surface area contributed by atoms with Gasteiger partial charge in [0.15, 0.2) is 0 Å². The minimum Gasteiger partial charge on any atom is -0.322 e. The number of anilines is 1. The van der Waals surface area contributed by atoms with E-state index in [1.54, 1.807) is 11.3 Å². The first-order chi connectivity index (χ1) is 12.2. The molecule has 0 aliphatic heterocycles. The van der Waals surface area contributed by atoms with Gasteiger partial charge in [0.05, 0.1) is 21.7 Å². The minimum atomic E-state index is -0.125. The first-order valence-corrected chi connectivity index (χ1v) is 8.90. The van der Waals surface area contributed by atoms with Crippen molar-refractivity contribution < 1.29 is 4.79 Å². The van der Waals surface area contributed by atoms with Gasteiger partial charge in [-0.1, -0.05) is 42.0 Å². The molecule has 0 saturated heterocycles. The van der Waals surface area contributed by atoms with Crippen molar-refractivity contribution in [3.8, 4) is 10.6 Å². The predicted molar refractivity (Wildman–Crippen MR) is 104 cm³/mol. The molecule has 0 unspecified atom stereocenters. The van der Waals surface area contributed by atoms with Gasteiger partial charge in [0.2, 0.25) is 0 Å². The highest BCUT2D eigenvalue weighted by Gasteiger charge is 2.14. The van der Waals surface area contributed by atoms with Gasteiger partial charge < -0.3 is 5.32 Å². The molecule has 4 aromatic rings. The van der Waals surface area contributed by atoms with Crippen molar-refractivity contribution in [2.24, 2.45) is 0 Å². The molecular formula is C21H16N2OS. The monoisotopic (exact) mass is 344 g/mol. The molecule has 2 heterocycles. The van der Waals surface area contributed by atoms with Crippen LogP contribution in [0.4, 0.5) is 5.69 Å². The number of pyridine rings is 1. The molecule has 1 amide bonds. The fourth-order valence-electron chi connectivity index (χ4n) is 2.75. The number of carbonyl (C=O) groups excluding carboxylic acids is 1. The molecule has 0 aliphatic rings. The lowest BCUT2D eigenvalue weighted by molar-refractivity contribution is 0.102. The number of aryl methyl sites for hydroxylation is 1. The van der Waals surface area contributed by atoms with Crippen LogP contribution < -0.4 is 5.32 Å². The van der Waals surface area contributed by atoms with Crippen LogP contribution >= 0.6 is 11.3 Å². The van der Waals surface area contributed by atoms with Gasteiger partial charge in [-0.05, 0) is 42.6 Å². The zero-order chi connectivity index (χ0) is 17.2. The predicted octanol–water partition coefficient (Wildman–Crippen LogP) is 5.52. The Morgan fingerprint density at radius 2 is 1.80 bits per heavy atom. The normalized spacial score (nSPS) is 10.8. The number of rotatable bonds is 3. The van der Waals surface area contributed by atoms with Crippen LogP contribution in [-0.4, -0.2) is 10.9 Å². The molecule has 4 heteroatoms. The third kappa shape index (κ3) is 3.16. The zero-order valence-corrected chi connectivity index (χ0v) is 14.5. The van der Waals surface area contributed by atoms with E-state index in [0.29, 0.717) is 5.56 Å². The van der Waals surface area contributed by atoms with E-state index in [1.807, 2.05) is 79.0 Å². The number of nitrogens with zero attached hydrogens (tertiary/aromatic N) is 1. The van der Waals surface area contributed by atoms with E-state index in [2.05, 4.69) is 5.32 Å². The van der Waals surface area contributed by atoms with Crippen molar-refractivity contribution in [1.29, 1.82) is 0 Å². The maximum atomic E-state index is 12.9. The van der Waals surface area contributed by atoms with Gasteiger partial charge in [0.25, 0.3) is 5.91 Å². The average molecular weight is 344 g/mol. The summed E-state index contributed by atoms with van der Waals surface area (Å²) in [6.07, 6.45) is 0. The average Bonchev–Trinajstić information content (AvgIpc) is 3.17. The van der Waals surface area contributed by atoms with E-state index in [9.17, 15) is 4.79 Å². The maximum absolute atomic E-state index is 12.9. The van der Waals surface area contributed by atoms with Crippen LogP contribution in [0.15, 0.2) is 72.1 Å². The Bertz CT molecular complexity index is 1040. The zero-order valence-electron chi connectivity index (χ0n) is 13.7. The molecule has 0 bridgehead atoms. The standard InChI is InChI=1S/C21H16N2OS/c1-14-8-10-15(11-9-14)22-21(24)17-13-19(20-7-4-12-25-20)23-18-6-3-2-5-16(17)18/h2-13H,1H3,(H,22,24). The second-order valence-corrected chi connectivity index (χ2v) is 6.82. The molecular weight excluding hydrogens is 328 g/mol. The molecule has 2 aromatic carbocycles. The molecule has 2 aromatic heterocycles. The van der Waals surface area contributed by atoms with Crippen LogP contribution in [0.2, 0.25) is 0 Å². The smallest absolute Gasteiger partial charge is 0.256 e. The van der Waals surface area contributed by atoms with Gasteiger partial charge in [-0.2, -0.15) is 0 Å². The summed E-state index contributed by atoms with van der Waals surface area (Å²) in [5, 5.41) is 5.85. The Morgan fingerprint density at radius 1 is 1.00 bits per heavy atom. The number of benzene rings is 2. The van der Waals surface area contributed by atoms with Crippen LogP contribution in [0.3, 0.4) is 0 Å². The topological polar surface area (TPSA) is 42.0 Å². The van der Waals surface area contributed by atoms with Crippen LogP contribution in [-0.2, 0) is 0 Å². The van der Waals surface area contributed by atoms with Crippen LogP contribution in [0, 0.1) is 6.92 Å². The first-order valence-electron chi connectivity index (χ1n) is 8.02. The highest BCUT2D eigenvalue weighted by Crippen LogP contribution is 2.28. The highest BCUT2D eigenvalue weighted by molar-refractivity contribution is 7.13. The van der Waals surface area contributed by atoms with Crippen LogP contribution in [0.5, 0.6) is 0 Å². The lowest BCUT2D eigenvalue weighted by Gasteiger charge is -2.10. The van der Waals surface area contributed by atoms with E-state index in [-0.39, 0.29) is 5.91 Å². The third-order valence-electron chi connectivity index (χ3n) is 4.04. The Kier molecular flexibility index (Phi) is 4.04. The fraction of sp³-hybridized carbons (Fsp3) is 0.0476. The van der Waals surface area contributed by atoms with Gasteiger partial charge in [0.1, 0.15) is 0 Å². The number of nitrogens with one attached hydrogen (secondary N) is 1. The molecule has 0 radical (unpaired) electrons. The number of aromatic nitrogens is 1. The van der Waals surface area contributed by atoms with Crippen molar-refractivity contribution >= 4 is 33.8 Å². The number of fused-ring (bicyclic) bond motifs is 1. The third-order valence-corrected chi connectivity index (χ3v) is 4.94. The van der Waals surface area contributed by atoms with E-state index in [4.69, 9.17) is 4.98 Å². The molecule has 0 saturated carbocycles. The molecule has 0 aliphatic carbocycles. The molecule has 3 nitrogen and oxygen atoms in total. The summed E-state index contributed by atoms with van der Waals surface area (Å²) in [4.78, 5) is 18.7. The lowest BCUT2D eigenvalue weighted by atomic mass is 10.1. The number of carbonyl (C=O) groups is 1. The summed E-state index contributed by atoms with van der Waals surface area (Å²) in [5.41, 5.74) is 4.22. The lowest BCUT2D eigenvalue weighted by Crippen LogP contribution is -2.13. The number of hydrogen-bond donors (Lipinski definition) is 1. The molecule has 4 rings (SSSR count). The molecule has 122 valence electrons. The summed E-state index contributed by atoms with van der Waals surface area (Å²) in [5.74, 6) is -0.125. The van der Waals surface area contributed by atoms with E-state index < -0.39 is 0 Å². The molecule has 0 fully saturated rings. The molecule has 25 heavy (non-hydrogen) atoms. The first kappa shape index (κ1) is 15.5. The second-order valence-electron chi connectivity index (χ2n) is 5.87. The maximum Gasteiger partial charge on any atom is 0.256 e. The number of thiophene rings is 1. The number of para-hydroxylation sites is 1. The molecule has 0 spiro atoms. The largest absolute Gasteiger partial charge is 0.322 e. The Morgan fingerprint density at radius 3 is 2.56 bits per heavy atom. The SMILES string of the molecule is Cc1ccc(NC(=O)c2cc(-c3cccs3)nc3ccccc23)cc1. The van der Waals surface area contributed by atoms with Gasteiger partial charge >= 0.3 is 0 Å². The second kappa shape index (κ2) is 6.49. The van der Waals surface area contributed by atoms with Gasteiger partial charge in [-0.3, -0.25) is 4.79 Å². The van der Waals surface area contributed by atoms with Gasteiger partial charge in [0, 0.05) is 11.1 Å². The van der Waals surface area contributed by atoms with E-state index in [0.717, 1.165) is 32.7 Å². The summed E-state index contributed by atoms with van der Waals surface area (Å²) in [7, 11) is 0. The van der Waals surface area contributed by atoms with Crippen LogP contribution in [0.1, 0.15) is 15.9 Å². The van der Waals surface area contributed by atoms with Crippen molar-refractivity contribution in [3.05, 3.63) is 83.2 Å². The Labute approximate surface area is 150 Å². The Hall–Kier alpha value is -2.98. The summed E-state index contributed by atoms with van der Waals surface area (Å²) < 4.78 is 0. The van der Waals surface area contributed by atoms with Crippen molar-refractivity contribution in [2.45, 2.75) is 6.92 Å². The summed E-state index contributed by atoms with van der Waals surface area (Å²) >= 11 is 1.62. The van der Waals surface area contributed by atoms with Gasteiger partial charge in [-0.25, -0.2) is 4.98 Å². The minimum absolute atomic E-state index is 0.125. The molecule has 1 N–H and O–H groups in total. The number of amides is 1.